The Kier molecular flexibility index (Phi) is 7.58. The van der Waals surface area contributed by atoms with Gasteiger partial charge in [0.2, 0.25) is 17.6 Å². The molecule has 49 heavy (non-hydrogen) atoms. The van der Waals surface area contributed by atoms with Gasteiger partial charge < -0.3 is 9.84 Å². The minimum Gasteiger partial charge on any atom is -0.504 e. The highest BCUT2D eigenvalue weighted by Crippen LogP contribution is 2.66. The van der Waals surface area contributed by atoms with Gasteiger partial charge in [0.15, 0.2) is 44.5 Å². The van der Waals surface area contributed by atoms with Gasteiger partial charge >= 0.3 is 0 Å². The molecule has 3 aromatic rings. The predicted octanol–water partition coefficient (Wildman–Crippen LogP) is 6.52. The van der Waals surface area contributed by atoms with Crippen molar-refractivity contribution in [1.82, 2.24) is 0 Å². The molecular formula is C33H20Cl3F5N2O6. The van der Waals surface area contributed by atoms with Crippen molar-refractivity contribution in [2.75, 3.05) is 16.9 Å². The number of halogens is 8. The quantitative estimate of drug-likeness (QED) is 0.0817. The highest BCUT2D eigenvalue weighted by atomic mass is 35.5. The Hall–Kier alpha value is -4.20. The fourth-order valence-corrected chi connectivity index (χ4v) is 8.73. The first-order valence-electron chi connectivity index (χ1n) is 14.6. The second kappa shape index (κ2) is 11.2. The Labute approximate surface area is 288 Å². The van der Waals surface area contributed by atoms with Gasteiger partial charge in [0.1, 0.15) is 5.69 Å². The van der Waals surface area contributed by atoms with Crippen molar-refractivity contribution in [1.29, 1.82) is 0 Å². The standard InChI is InChI=1S/C33H20Cl3F5N2O6/c1-49-19-9-2-12(10-18(19)44)21-15-7-8-16-20(29(46)42(28(16)45)14-5-3-13(34)4-6-14)17(15)11-32(35)30(47)43(31(48)33(21,32)36)27-25(40)23(38)22(37)24(39)26(27)41/h2-7,9-10,16-17,20-21,44H,8,11H2,1H3. The van der Waals surface area contributed by atoms with Crippen molar-refractivity contribution in [3.63, 3.8) is 0 Å². The maximum atomic E-state index is 15.2. The Bertz CT molecular complexity index is 2040. The summed E-state index contributed by atoms with van der Waals surface area (Å²) in [4.78, 5) is 51.6. The van der Waals surface area contributed by atoms with Crippen LogP contribution in [0.1, 0.15) is 24.3 Å². The van der Waals surface area contributed by atoms with E-state index in [0.29, 0.717) is 5.02 Å². The maximum Gasteiger partial charge on any atom is 0.258 e. The minimum atomic E-state index is -2.72. The molecule has 16 heteroatoms. The highest BCUT2D eigenvalue weighted by Gasteiger charge is 2.77. The smallest absolute Gasteiger partial charge is 0.258 e. The van der Waals surface area contributed by atoms with Gasteiger partial charge in [0.25, 0.3) is 11.8 Å². The summed E-state index contributed by atoms with van der Waals surface area (Å²) >= 11 is 20.2. The zero-order chi connectivity index (χ0) is 35.5. The molecule has 4 aliphatic rings. The number of nitrogens with zero attached hydrogens (tertiary/aromatic N) is 2. The first-order valence-corrected chi connectivity index (χ1v) is 15.7. The van der Waals surface area contributed by atoms with Crippen LogP contribution in [0.15, 0.2) is 54.1 Å². The van der Waals surface area contributed by atoms with Crippen molar-refractivity contribution >= 4 is 69.8 Å². The first-order chi connectivity index (χ1) is 23.1. The number of phenolic OH excluding ortho intramolecular Hbond substituents is 1. The summed E-state index contributed by atoms with van der Waals surface area (Å²) in [5, 5.41) is 11.0. The summed E-state index contributed by atoms with van der Waals surface area (Å²) in [5.41, 5.74) is -1.41. The van der Waals surface area contributed by atoms with E-state index in [-0.39, 0.29) is 33.9 Å². The van der Waals surface area contributed by atoms with Crippen LogP contribution in [0.3, 0.4) is 0 Å². The molecule has 0 bridgehead atoms. The molecule has 0 aromatic heterocycles. The van der Waals surface area contributed by atoms with E-state index in [1.807, 2.05) is 0 Å². The van der Waals surface area contributed by atoms with Crippen LogP contribution < -0.4 is 14.5 Å². The number of hydrogen-bond donors (Lipinski definition) is 1. The lowest BCUT2D eigenvalue weighted by Gasteiger charge is -2.50. The third-order valence-electron chi connectivity index (χ3n) is 9.84. The molecule has 2 aliphatic heterocycles. The summed E-state index contributed by atoms with van der Waals surface area (Å²) in [6.45, 7) is 0. The van der Waals surface area contributed by atoms with E-state index in [0.717, 1.165) is 11.0 Å². The average molecular weight is 742 g/mol. The van der Waals surface area contributed by atoms with E-state index in [1.165, 1.54) is 43.5 Å². The third-order valence-corrected chi connectivity index (χ3v) is 11.5. The number of carbonyl (C=O) groups is 4. The van der Waals surface area contributed by atoms with E-state index < -0.39 is 104 Å². The van der Waals surface area contributed by atoms with Crippen LogP contribution in [0.4, 0.5) is 33.3 Å². The first kappa shape index (κ1) is 33.3. The Balaban J connectivity index is 1.43. The fraction of sp³-hybridized carbons (Fsp3) is 0.273. The molecule has 3 aromatic carbocycles. The third kappa shape index (κ3) is 4.27. The van der Waals surface area contributed by atoms with E-state index >= 15 is 8.78 Å². The lowest BCUT2D eigenvalue weighted by molar-refractivity contribution is -0.125. The summed E-state index contributed by atoms with van der Waals surface area (Å²) < 4.78 is 78.2. The second-order valence-electron chi connectivity index (χ2n) is 12.1. The van der Waals surface area contributed by atoms with Gasteiger partial charge in [-0.25, -0.2) is 26.9 Å². The number of phenols is 1. The zero-order valence-corrected chi connectivity index (χ0v) is 27.0. The van der Waals surface area contributed by atoms with Crippen LogP contribution >= 0.6 is 34.8 Å². The van der Waals surface area contributed by atoms with Crippen molar-refractivity contribution < 1.29 is 51.0 Å². The number of hydrogen-bond acceptors (Lipinski definition) is 6. The summed E-state index contributed by atoms with van der Waals surface area (Å²) in [6, 6.07) is 9.67. The molecule has 4 amide bonds. The number of alkyl halides is 2. The monoisotopic (exact) mass is 740 g/mol. The van der Waals surface area contributed by atoms with Crippen LogP contribution in [0.5, 0.6) is 11.5 Å². The number of ether oxygens (including phenoxy) is 1. The number of imide groups is 2. The average Bonchev–Trinajstić information content (AvgIpc) is 3.41. The molecule has 254 valence electrons. The van der Waals surface area contributed by atoms with Crippen LogP contribution in [-0.4, -0.2) is 45.6 Å². The van der Waals surface area contributed by atoms with Gasteiger partial charge in [0.05, 0.1) is 24.6 Å². The number of benzene rings is 3. The molecule has 6 unspecified atom stereocenters. The number of anilines is 2. The molecule has 6 atom stereocenters. The topological polar surface area (TPSA) is 104 Å². The van der Waals surface area contributed by atoms with Gasteiger partial charge in [0, 0.05) is 10.9 Å². The number of carbonyl (C=O) groups excluding carboxylic acids is 4. The van der Waals surface area contributed by atoms with Crippen LogP contribution in [0, 0.1) is 46.8 Å². The molecule has 0 radical (unpaired) electrons. The van der Waals surface area contributed by atoms with Crippen molar-refractivity contribution in [3.05, 3.63) is 93.8 Å². The number of fused-ring (bicyclic) bond motifs is 4. The number of allylic oxidation sites excluding steroid dienone is 2. The number of amides is 4. The van der Waals surface area contributed by atoms with E-state index in [4.69, 9.17) is 39.5 Å². The zero-order valence-electron chi connectivity index (χ0n) is 24.7. The number of rotatable bonds is 4. The van der Waals surface area contributed by atoms with Crippen LogP contribution in [0.25, 0.3) is 0 Å². The second-order valence-corrected chi connectivity index (χ2v) is 13.8. The van der Waals surface area contributed by atoms with Crippen LogP contribution in [-0.2, 0) is 19.2 Å². The molecule has 0 spiro atoms. The minimum absolute atomic E-state index is 0.0124. The predicted molar refractivity (Wildman–Crippen MR) is 165 cm³/mol. The van der Waals surface area contributed by atoms with Gasteiger partial charge in [-0.05, 0) is 60.7 Å². The molecule has 2 saturated heterocycles. The van der Waals surface area contributed by atoms with Crippen LogP contribution in [0.2, 0.25) is 5.02 Å². The number of methoxy groups -OCH3 is 1. The van der Waals surface area contributed by atoms with E-state index in [2.05, 4.69) is 0 Å². The molecule has 1 N–H and O–H groups in total. The SMILES string of the molecule is COc1ccc(C2C3=CCC4C(=O)N(c5ccc(Cl)cc5)C(=O)C4C3CC3(Cl)C(=O)N(c4c(F)c(F)c(F)c(F)c4F)C(=O)C23Cl)cc1O. The lowest BCUT2D eigenvalue weighted by Crippen LogP contribution is -2.60. The largest absolute Gasteiger partial charge is 0.504 e. The summed E-state index contributed by atoms with van der Waals surface area (Å²) in [6.07, 6.45) is 0.844. The Morgan fingerprint density at radius 1 is 0.816 bits per heavy atom. The lowest BCUT2D eigenvalue weighted by atomic mass is 9.56. The molecule has 2 aliphatic carbocycles. The molecule has 7 rings (SSSR count). The van der Waals surface area contributed by atoms with Crippen molar-refractivity contribution in [2.45, 2.75) is 28.5 Å². The Morgan fingerprint density at radius 2 is 1.43 bits per heavy atom. The summed E-state index contributed by atoms with van der Waals surface area (Å²) in [7, 11) is 1.26. The van der Waals surface area contributed by atoms with Crippen molar-refractivity contribution in [3.8, 4) is 11.5 Å². The van der Waals surface area contributed by atoms with E-state index in [1.54, 1.807) is 6.08 Å². The maximum absolute atomic E-state index is 15.2. The van der Waals surface area contributed by atoms with Gasteiger partial charge in [-0.2, -0.15) is 0 Å². The molecular weight excluding hydrogens is 722 g/mol. The van der Waals surface area contributed by atoms with E-state index in [9.17, 15) is 37.5 Å². The van der Waals surface area contributed by atoms with Crippen molar-refractivity contribution in [2.24, 2.45) is 17.8 Å². The van der Waals surface area contributed by atoms with Gasteiger partial charge in [-0.15, -0.1) is 23.2 Å². The molecule has 8 nitrogen and oxygen atoms in total. The highest BCUT2D eigenvalue weighted by molar-refractivity contribution is 6.58. The molecule has 2 heterocycles. The number of aromatic hydroxyl groups is 1. The normalized spacial score (nSPS) is 29.2. The molecule has 3 fully saturated rings. The van der Waals surface area contributed by atoms with Gasteiger partial charge in [-0.1, -0.05) is 29.3 Å². The summed E-state index contributed by atoms with van der Waals surface area (Å²) in [5.74, 6) is -22.1. The fourth-order valence-electron chi connectivity index (χ4n) is 7.67. The Morgan fingerprint density at radius 3 is 2.02 bits per heavy atom. The molecule has 1 saturated carbocycles. The van der Waals surface area contributed by atoms with Gasteiger partial charge in [-0.3, -0.25) is 24.1 Å².